The molecule has 2 N–H and O–H groups in total. The summed E-state index contributed by atoms with van der Waals surface area (Å²) < 4.78 is 8.05. The summed E-state index contributed by atoms with van der Waals surface area (Å²) in [6.07, 6.45) is 5.69. The van der Waals surface area contributed by atoms with Gasteiger partial charge in [-0.1, -0.05) is 43.5 Å². The Morgan fingerprint density at radius 2 is 1.74 bits per heavy atom. The molecule has 0 atom stereocenters. The summed E-state index contributed by atoms with van der Waals surface area (Å²) in [4.78, 5) is 27.0. The molecule has 0 saturated heterocycles. The molecule has 2 amide bonds. The van der Waals surface area contributed by atoms with E-state index in [1.165, 1.54) is 30.2 Å². The van der Waals surface area contributed by atoms with Crippen LogP contribution >= 0.6 is 0 Å². The first-order valence-electron chi connectivity index (χ1n) is 12.3. The number of primary amides is 1. The third kappa shape index (κ3) is 3.95. The van der Waals surface area contributed by atoms with Crippen LogP contribution in [0.25, 0.3) is 22.2 Å². The Kier molecular flexibility index (Phi) is 5.62. The first kappa shape index (κ1) is 22.5. The number of carbonyl (C=O) groups is 2. The third-order valence-corrected chi connectivity index (χ3v) is 7.01. The van der Waals surface area contributed by atoms with Crippen LogP contribution in [0.15, 0.2) is 42.5 Å². The van der Waals surface area contributed by atoms with Crippen LogP contribution in [0.3, 0.4) is 0 Å². The molecule has 1 aliphatic carbocycles. The van der Waals surface area contributed by atoms with Gasteiger partial charge in [-0.2, -0.15) is 0 Å². The number of ether oxygens (including phenoxy) is 1. The second kappa shape index (κ2) is 8.49. The number of anilines is 1. The zero-order valence-electron chi connectivity index (χ0n) is 20.3. The van der Waals surface area contributed by atoms with Gasteiger partial charge in [0.1, 0.15) is 5.60 Å². The predicted molar refractivity (Wildman–Crippen MR) is 135 cm³/mol. The molecule has 2 aromatic carbocycles. The van der Waals surface area contributed by atoms with Crippen molar-refractivity contribution in [3.8, 4) is 11.3 Å². The van der Waals surface area contributed by atoms with Crippen molar-refractivity contribution in [1.82, 2.24) is 4.57 Å². The molecule has 0 bridgehead atoms. The lowest BCUT2D eigenvalue weighted by atomic mass is 9.81. The minimum absolute atomic E-state index is 0.341. The Morgan fingerprint density at radius 3 is 2.44 bits per heavy atom. The van der Waals surface area contributed by atoms with Crippen LogP contribution in [-0.4, -0.2) is 28.7 Å². The molecule has 1 aromatic heterocycles. The van der Waals surface area contributed by atoms with Gasteiger partial charge in [0.15, 0.2) is 0 Å². The van der Waals surface area contributed by atoms with Crippen molar-refractivity contribution in [3.05, 3.63) is 53.6 Å². The van der Waals surface area contributed by atoms with Gasteiger partial charge >= 0.3 is 6.09 Å². The molecular formula is C28H33N3O3. The number of hydrogen-bond acceptors (Lipinski definition) is 3. The van der Waals surface area contributed by atoms with Gasteiger partial charge in [-0.25, -0.2) is 4.79 Å². The topological polar surface area (TPSA) is 77.6 Å². The largest absolute Gasteiger partial charge is 0.443 e. The monoisotopic (exact) mass is 459 g/mol. The number of carbonyl (C=O) groups excluding carboxylic acids is 2. The fourth-order valence-corrected chi connectivity index (χ4v) is 5.59. The van der Waals surface area contributed by atoms with Gasteiger partial charge in [0.05, 0.1) is 11.4 Å². The quantitative estimate of drug-likeness (QED) is 0.495. The fraction of sp³-hybridized carbons (Fsp3) is 0.429. The Hall–Kier alpha value is -3.28. The normalized spacial score (nSPS) is 16.6. The van der Waals surface area contributed by atoms with Gasteiger partial charge in [0.25, 0.3) is 0 Å². The average molecular weight is 460 g/mol. The van der Waals surface area contributed by atoms with E-state index in [4.69, 9.17) is 10.5 Å². The summed E-state index contributed by atoms with van der Waals surface area (Å²) in [6, 6.07) is 13.9. The second-order valence-corrected chi connectivity index (χ2v) is 10.5. The van der Waals surface area contributed by atoms with Gasteiger partial charge < -0.3 is 15.0 Å². The molecule has 5 rings (SSSR count). The highest BCUT2D eigenvalue weighted by atomic mass is 16.6. The van der Waals surface area contributed by atoms with Crippen LogP contribution in [-0.2, 0) is 11.3 Å². The van der Waals surface area contributed by atoms with Crippen LogP contribution < -0.4 is 10.6 Å². The number of nitrogens with zero attached hydrogens (tertiary/aromatic N) is 2. The first-order chi connectivity index (χ1) is 16.2. The maximum atomic E-state index is 13.2. The number of benzene rings is 2. The number of fused-ring (bicyclic) bond motifs is 5. The minimum Gasteiger partial charge on any atom is -0.443 e. The molecule has 0 spiro atoms. The van der Waals surface area contributed by atoms with E-state index < -0.39 is 11.5 Å². The summed E-state index contributed by atoms with van der Waals surface area (Å²) in [5.41, 5.74) is 11.0. The van der Waals surface area contributed by atoms with Crippen molar-refractivity contribution in [2.75, 3.05) is 11.4 Å². The molecule has 6 nitrogen and oxygen atoms in total. The number of aromatic nitrogens is 1. The third-order valence-electron chi connectivity index (χ3n) is 7.01. The maximum absolute atomic E-state index is 13.2. The van der Waals surface area contributed by atoms with E-state index in [0.717, 1.165) is 35.3 Å². The summed E-state index contributed by atoms with van der Waals surface area (Å²) in [5.74, 6) is 0.0223. The van der Waals surface area contributed by atoms with Gasteiger partial charge in [0, 0.05) is 35.1 Å². The molecule has 0 radical (unpaired) electrons. The fourth-order valence-electron chi connectivity index (χ4n) is 5.59. The molecule has 3 aromatic rings. The lowest BCUT2D eigenvalue weighted by molar-refractivity contribution is 0.0579. The molecule has 1 fully saturated rings. The van der Waals surface area contributed by atoms with Crippen LogP contribution in [0, 0.1) is 0 Å². The van der Waals surface area contributed by atoms with Crippen molar-refractivity contribution in [2.45, 2.75) is 70.9 Å². The van der Waals surface area contributed by atoms with Gasteiger partial charge in [-0.15, -0.1) is 0 Å². The summed E-state index contributed by atoms with van der Waals surface area (Å²) in [6.45, 7) is 6.75. The lowest BCUT2D eigenvalue weighted by Gasteiger charge is -2.28. The lowest BCUT2D eigenvalue weighted by Crippen LogP contribution is -2.38. The van der Waals surface area contributed by atoms with Gasteiger partial charge in [0.2, 0.25) is 5.91 Å². The molecule has 6 heteroatoms. The van der Waals surface area contributed by atoms with Crippen molar-refractivity contribution < 1.29 is 14.3 Å². The summed E-state index contributed by atoms with van der Waals surface area (Å²) >= 11 is 0. The Balaban J connectivity index is 1.74. The van der Waals surface area contributed by atoms with E-state index >= 15 is 0 Å². The SMILES string of the molecule is CC(C)(C)OC(=O)N1CCn2c(c(C3CCCCC3)c3ccc(C(N)=O)cc32)-c2ccccc21. The van der Waals surface area contributed by atoms with Crippen molar-refractivity contribution in [3.63, 3.8) is 0 Å². The standard InChI is InChI=1S/C28H33N3O3/c1-28(2,3)34-27(33)31-16-15-30-23-17-19(26(29)32)13-14-20(23)24(18-9-5-4-6-10-18)25(30)21-11-7-8-12-22(21)31/h7-8,11-14,17-18H,4-6,9-10,15-16H2,1-3H3,(H2,29,32). The highest BCUT2D eigenvalue weighted by Gasteiger charge is 2.33. The van der Waals surface area contributed by atoms with Crippen molar-refractivity contribution in [2.24, 2.45) is 5.73 Å². The van der Waals surface area contributed by atoms with E-state index in [9.17, 15) is 9.59 Å². The van der Waals surface area contributed by atoms with E-state index in [-0.39, 0.29) is 6.09 Å². The van der Waals surface area contributed by atoms with E-state index in [1.54, 1.807) is 4.90 Å². The molecule has 2 heterocycles. The minimum atomic E-state index is -0.579. The van der Waals surface area contributed by atoms with Crippen LogP contribution in [0.2, 0.25) is 0 Å². The molecule has 0 unspecified atom stereocenters. The van der Waals surface area contributed by atoms with E-state index in [1.807, 2.05) is 51.1 Å². The molecular weight excluding hydrogens is 426 g/mol. The predicted octanol–water partition coefficient (Wildman–Crippen LogP) is 6.21. The van der Waals surface area contributed by atoms with Gasteiger partial charge in [-0.05, 0) is 63.3 Å². The Bertz CT molecular complexity index is 1260. The maximum Gasteiger partial charge on any atom is 0.414 e. The summed E-state index contributed by atoms with van der Waals surface area (Å²) in [7, 11) is 0. The van der Waals surface area contributed by atoms with Crippen LogP contribution in [0.5, 0.6) is 0 Å². The van der Waals surface area contributed by atoms with Crippen LogP contribution in [0.1, 0.15) is 74.7 Å². The Morgan fingerprint density at radius 1 is 1.00 bits per heavy atom. The second-order valence-electron chi connectivity index (χ2n) is 10.5. The van der Waals surface area contributed by atoms with Crippen molar-refractivity contribution in [1.29, 1.82) is 0 Å². The van der Waals surface area contributed by atoms with Crippen molar-refractivity contribution >= 4 is 28.6 Å². The van der Waals surface area contributed by atoms with E-state index in [2.05, 4.69) is 16.7 Å². The molecule has 1 aliphatic heterocycles. The highest BCUT2D eigenvalue weighted by Crippen LogP contribution is 2.47. The number of para-hydroxylation sites is 1. The van der Waals surface area contributed by atoms with Gasteiger partial charge in [-0.3, -0.25) is 9.69 Å². The Labute approximate surface area is 200 Å². The molecule has 34 heavy (non-hydrogen) atoms. The smallest absolute Gasteiger partial charge is 0.414 e. The van der Waals surface area contributed by atoms with Crippen LogP contribution in [0.4, 0.5) is 10.5 Å². The summed E-state index contributed by atoms with van der Waals surface area (Å²) in [5, 5.41) is 1.19. The zero-order chi connectivity index (χ0) is 24.0. The number of rotatable bonds is 2. The highest BCUT2D eigenvalue weighted by molar-refractivity contribution is 6.02. The average Bonchev–Trinajstić information content (AvgIpc) is 3.02. The molecule has 178 valence electrons. The zero-order valence-corrected chi connectivity index (χ0v) is 20.3. The van der Waals surface area contributed by atoms with E-state index in [0.29, 0.717) is 24.6 Å². The first-order valence-corrected chi connectivity index (χ1v) is 12.3. The number of nitrogens with two attached hydrogens (primary N) is 1. The number of amides is 2. The molecule has 1 saturated carbocycles. The number of hydrogen-bond donors (Lipinski definition) is 1. The molecule has 2 aliphatic rings.